The van der Waals surface area contributed by atoms with E-state index in [-0.39, 0.29) is 28.0 Å². The van der Waals surface area contributed by atoms with Gasteiger partial charge < -0.3 is 21.1 Å². The predicted molar refractivity (Wildman–Crippen MR) is 121 cm³/mol. The summed E-state index contributed by atoms with van der Waals surface area (Å²) in [6, 6.07) is 11.9. The second-order valence-corrected chi connectivity index (χ2v) is 8.07. The third kappa shape index (κ3) is 4.46. The van der Waals surface area contributed by atoms with E-state index < -0.39 is 23.0 Å². The van der Waals surface area contributed by atoms with Gasteiger partial charge in [0.25, 0.3) is 0 Å². The van der Waals surface area contributed by atoms with Gasteiger partial charge in [-0.15, -0.1) is 0 Å². The molecule has 0 bridgehead atoms. The second kappa shape index (κ2) is 8.64. The number of hydrogen-bond acceptors (Lipinski definition) is 5. The molecule has 4 N–H and O–H groups in total. The van der Waals surface area contributed by atoms with Crippen LogP contribution in [0.3, 0.4) is 0 Å². The quantitative estimate of drug-likeness (QED) is 0.422. The number of nitrogens with one attached hydrogen (secondary N) is 2. The summed E-state index contributed by atoms with van der Waals surface area (Å²) in [6.45, 7) is 0. The lowest BCUT2D eigenvalue weighted by Crippen LogP contribution is -2.35. The maximum atomic E-state index is 14.6. The third-order valence-electron chi connectivity index (χ3n) is 5.01. The van der Waals surface area contributed by atoms with Gasteiger partial charge in [-0.25, -0.2) is 9.37 Å². The number of carbonyl (C=O) groups excluding carboxylic acids is 2. The number of nitrogens with two attached hydrogens (primary N) is 1. The van der Waals surface area contributed by atoms with Crippen LogP contribution in [0.15, 0.2) is 54.7 Å². The third-order valence-corrected chi connectivity index (χ3v) is 5.64. The van der Waals surface area contributed by atoms with Crippen LogP contribution in [0.1, 0.15) is 12.8 Å². The zero-order valence-corrected chi connectivity index (χ0v) is 18.0. The molecular weight excluding hydrogens is 458 g/mol. The first-order chi connectivity index (χ1) is 15.3. The monoisotopic (exact) mass is 474 g/mol. The fourth-order valence-corrected chi connectivity index (χ4v) is 3.29. The Balaban J connectivity index is 1.44. The largest absolute Gasteiger partial charge is 0.453 e. The van der Waals surface area contributed by atoms with Gasteiger partial charge in [0.15, 0.2) is 17.3 Å². The van der Waals surface area contributed by atoms with E-state index in [2.05, 4.69) is 15.6 Å². The molecule has 4 rings (SSSR count). The molecule has 32 heavy (non-hydrogen) atoms. The van der Waals surface area contributed by atoms with Gasteiger partial charge >= 0.3 is 0 Å². The van der Waals surface area contributed by atoms with Crippen LogP contribution in [0.25, 0.3) is 0 Å². The molecule has 0 aliphatic heterocycles. The summed E-state index contributed by atoms with van der Waals surface area (Å²) in [6.07, 6.45) is 2.17. The summed E-state index contributed by atoms with van der Waals surface area (Å²) in [4.78, 5) is 29.2. The molecule has 1 saturated carbocycles. The van der Waals surface area contributed by atoms with E-state index in [9.17, 15) is 14.0 Å². The fourth-order valence-electron chi connectivity index (χ4n) is 3.02. The van der Waals surface area contributed by atoms with Crippen molar-refractivity contribution in [3.8, 4) is 11.5 Å². The Hall–Kier alpha value is -3.36. The summed E-state index contributed by atoms with van der Waals surface area (Å²) in [5.41, 5.74) is 5.13. The first-order valence-corrected chi connectivity index (χ1v) is 10.3. The molecule has 7 nitrogen and oxygen atoms in total. The molecule has 164 valence electrons. The highest BCUT2D eigenvalue weighted by Gasteiger charge is 2.56. The molecule has 1 heterocycles. The average molecular weight is 475 g/mol. The van der Waals surface area contributed by atoms with E-state index in [1.165, 1.54) is 24.4 Å². The number of amides is 2. The first kappa shape index (κ1) is 21.9. The van der Waals surface area contributed by atoms with Crippen LogP contribution in [-0.4, -0.2) is 16.8 Å². The number of pyridine rings is 1. The smallest absolute Gasteiger partial charge is 0.240 e. The maximum absolute atomic E-state index is 14.6. The minimum absolute atomic E-state index is 0.0556. The minimum atomic E-state index is -1.20. The highest BCUT2D eigenvalue weighted by molar-refractivity contribution is 6.34. The topological polar surface area (TPSA) is 106 Å². The summed E-state index contributed by atoms with van der Waals surface area (Å²) in [5, 5.41) is 5.91. The Morgan fingerprint density at radius 2 is 1.59 bits per heavy atom. The van der Waals surface area contributed by atoms with Crippen molar-refractivity contribution in [2.45, 2.75) is 12.8 Å². The SMILES string of the molecule is Nc1nccc(Oc2ccc(NC(=O)C3(C(=O)Nc4ccc(Cl)cc4)CC3)cc2F)c1Cl. The molecule has 0 unspecified atom stereocenters. The number of anilines is 3. The molecule has 0 radical (unpaired) electrons. The highest BCUT2D eigenvalue weighted by atomic mass is 35.5. The molecule has 1 aliphatic carbocycles. The van der Waals surface area contributed by atoms with Gasteiger partial charge in [0.2, 0.25) is 11.8 Å². The number of rotatable bonds is 6. The van der Waals surface area contributed by atoms with Crippen LogP contribution < -0.4 is 21.1 Å². The summed E-state index contributed by atoms with van der Waals surface area (Å²) < 4.78 is 20.0. The number of nitrogens with zero attached hydrogens (tertiary/aromatic N) is 1. The van der Waals surface area contributed by atoms with Crippen molar-refractivity contribution in [1.82, 2.24) is 4.98 Å². The fraction of sp³-hybridized carbons (Fsp3) is 0.136. The maximum Gasteiger partial charge on any atom is 0.240 e. The van der Waals surface area contributed by atoms with Crippen molar-refractivity contribution < 1.29 is 18.7 Å². The summed E-state index contributed by atoms with van der Waals surface area (Å²) in [5.74, 6) is -1.59. The Morgan fingerprint density at radius 1 is 0.969 bits per heavy atom. The number of ether oxygens (including phenoxy) is 1. The number of nitrogen functional groups attached to an aromatic ring is 1. The zero-order chi connectivity index (χ0) is 22.9. The van der Waals surface area contributed by atoms with Gasteiger partial charge in [-0.1, -0.05) is 23.2 Å². The van der Waals surface area contributed by atoms with E-state index in [4.69, 9.17) is 33.7 Å². The zero-order valence-electron chi connectivity index (χ0n) is 16.5. The van der Waals surface area contributed by atoms with E-state index in [1.807, 2.05) is 0 Å². The number of hydrogen-bond donors (Lipinski definition) is 3. The predicted octanol–water partition coefficient (Wildman–Crippen LogP) is 5.26. The molecule has 2 amide bonds. The van der Waals surface area contributed by atoms with Crippen molar-refractivity contribution in [3.05, 3.63) is 70.6 Å². The number of carbonyl (C=O) groups is 2. The number of benzene rings is 2. The van der Waals surface area contributed by atoms with Gasteiger partial charge in [0.05, 0.1) is 0 Å². The van der Waals surface area contributed by atoms with Gasteiger partial charge in [-0.3, -0.25) is 9.59 Å². The van der Waals surface area contributed by atoms with Gasteiger partial charge in [-0.05, 0) is 49.2 Å². The Labute approximate surface area is 192 Å². The van der Waals surface area contributed by atoms with Crippen molar-refractivity contribution in [1.29, 1.82) is 0 Å². The van der Waals surface area contributed by atoms with Crippen molar-refractivity contribution in [3.63, 3.8) is 0 Å². The Morgan fingerprint density at radius 3 is 2.22 bits per heavy atom. The van der Waals surface area contributed by atoms with Crippen LogP contribution in [-0.2, 0) is 9.59 Å². The Bertz CT molecular complexity index is 1200. The minimum Gasteiger partial charge on any atom is -0.453 e. The van der Waals surface area contributed by atoms with E-state index in [0.29, 0.717) is 23.6 Å². The summed E-state index contributed by atoms with van der Waals surface area (Å²) >= 11 is 11.9. The van der Waals surface area contributed by atoms with E-state index in [1.54, 1.807) is 24.3 Å². The van der Waals surface area contributed by atoms with Crippen LogP contribution in [0.2, 0.25) is 10.0 Å². The first-order valence-electron chi connectivity index (χ1n) is 9.54. The van der Waals surface area contributed by atoms with E-state index in [0.717, 1.165) is 6.07 Å². The van der Waals surface area contributed by atoms with Gasteiger partial charge in [0.1, 0.15) is 16.3 Å². The number of halogens is 3. The summed E-state index contributed by atoms with van der Waals surface area (Å²) in [7, 11) is 0. The molecule has 2 aromatic carbocycles. The molecule has 0 spiro atoms. The lowest BCUT2D eigenvalue weighted by molar-refractivity contribution is -0.131. The van der Waals surface area contributed by atoms with Crippen LogP contribution in [0.4, 0.5) is 21.6 Å². The number of aromatic nitrogens is 1. The molecule has 0 atom stereocenters. The second-order valence-electron chi connectivity index (χ2n) is 7.25. The van der Waals surface area contributed by atoms with Crippen LogP contribution in [0.5, 0.6) is 11.5 Å². The highest BCUT2D eigenvalue weighted by Crippen LogP contribution is 2.47. The molecule has 1 fully saturated rings. The van der Waals surface area contributed by atoms with Crippen LogP contribution in [0, 0.1) is 11.2 Å². The Kier molecular flexibility index (Phi) is 5.90. The van der Waals surface area contributed by atoms with E-state index >= 15 is 0 Å². The van der Waals surface area contributed by atoms with Gasteiger partial charge in [-0.2, -0.15) is 0 Å². The molecule has 1 aromatic heterocycles. The average Bonchev–Trinajstić information content (AvgIpc) is 3.57. The molecular formula is C22H17Cl2FN4O3. The lowest BCUT2D eigenvalue weighted by atomic mass is 10.0. The van der Waals surface area contributed by atoms with Crippen molar-refractivity contribution >= 4 is 52.2 Å². The molecule has 0 saturated heterocycles. The van der Waals surface area contributed by atoms with Crippen molar-refractivity contribution in [2.75, 3.05) is 16.4 Å². The molecule has 3 aromatic rings. The van der Waals surface area contributed by atoms with Gasteiger partial charge in [0, 0.05) is 34.7 Å². The lowest BCUT2D eigenvalue weighted by Gasteiger charge is -2.16. The van der Waals surface area contributed by atoms with Crippen LogP contribution >= 0.6 is 23.2 Å². The standard InChI is InChI=1S/C22H17Cl2FN4O3/c23-12-1-3-13(4-2-12)28-20(30)22(8-9-22)21(31)29-14-5-6-16(15(25)11-14)32-17-7-10-27-19(26)18(17)24/h1-7,10-11H,8-9H2,(H2,26,27)(H,28,30)(H,29,31). The molecule has 1 aliphatic rings. The molecule has 10 heteroatoms. The van der Waals surface area contributed by atoms with Crippen molar-refractivity contribution in [2.24, 2.45) is 5.41 Å². The normalized spacial score (nSPS) is 13.8.